The highest BCUT2D eigenvalue weighted by Crippen LogP contribution is 2.29. The van der Waals surface area contributed by atoms with Crippen LogP contribution in [0.15, 0.2) is 0 Å². The molecule has 0 radical (unpaired) electrons. The van der Waals surface area contributed by atoms with Gasteiger partial charge >= 0.3 is 5.97 Å². The summed E-state index contributed by atoms with van der Waals surface area (Å²) in [5.41, 5.74) is -0.00423. The van der Waals surface area contributed by atoms with Gasteiger partial charge in [0.25, 0.3) is 0 Å². The monoisotopic (exact) mass is 186 g/mol. The van der Waals surface area contributed by atoms with Crippen LogP contribution in [-0.4, -0.2) is 24.8 Å². The summed E-state index contributed by atoms with van der Waals surface area (Å²) in [5, 5.41) is 0. The lowest BCUT2D eigenvalue weighted by Crippen LogP contribution is -2.17. The van der Waals surface area contributed by atoms with E-state index in [-0.39, 0.29) is 17.5 Å². The third-order valence-electron chi connectivity index (χ3n) is 2.53. The SMILES string of the molecule is CCC(C)C(=O)OCCC1(C)CO1. The van der Waals surface area contributed by atoms with Gasteiger partial charge in [0.05, 0.1) is 24.7 Å². The second kappa shape index (κ2) is 4.09. The number of epoxide rings is 1. The fourth-order valence-corrected chi connectivity index (χ4v) is 0.944. The first kappa shape index (κ1) is 10.5. The molecule has 1 heterocycles. The van der Waals surface area contributed by atoms with Gasteiger partial charge in [0, 0.05) is 6.42 Å². The van der Waals surface area contributed by atoms with Gasteiger partial charge in [-0.15, -0.1) is 0 Å². The largest absolute Gasteiger partial charge is 0.465 e. The van der Waals surface area contributed by atoms with Crippen LogP contribution in [0, 0.1) is 5.92 Å². The topological polar surface area (TPSA) is 38.8 Å². The van der Waals surface area contributed by atoms with Gasteiger partial charge < -0.3 is 9.47 Å². The van der Waals surface area contributed by atoms with Crippen molar-refractivity contribution in [1.29, 1.82) is 0 Å². The van der Waals surface area contributed by atoms with E-state index in [9.17, 15) is 4.79 Å². The highest BCUT2D eigenvalue weighted by molar-refractivity contribution is 5.71. The number of carbonyl (C=O) groups is 1. The molecular weight excluding hydrogens is 168 g/mol. The van der Waals surface area contributed by atoms with Crippen molar-refractivity contribution in [1.82, 2.24) is 0 Å². The molecule has 1 saturated heterocycles. The van der Waals surface area contributed by atoms with Crippen molar-refractivity contribution in [2.75, 3.05) is 13.2 Å². The van der Waals surface area contributed by atoms with Gasteiger partial charge in [-0.25, -0.2) is 0 Å². The minimum absolute atomic E-state index is 0.00423. The first-order valence-electron chi connectivity index (χ1n) is 4.88. The van der Waals surface area contributed by atoms with E-state index in [0.29, 0.717) is 6.61 Å². The highest BCUT2D eigenvalue weighted by atomic mass is 16.6. The molecule has 2 unspecified atom stereocenters. The van der Waals surface area contributed by atoms with Crippen LogP contribution in [-0.2, 0) is 14.3 Å². The minimum atomic E-state index is -0.0910. The van der Waals surface area contributed by atoms with Crippen molar-refractivity contribution >= 4 is 5.97 Å². The lowest BCUT2D eigenvalue weighted by Gasteiger charge is -2.10. The lowest BCUT2D eigenvalue weighted by atomic mass is 10.1. The Morgan fingerprint density at radius 2 is 2.31 bits per heavy atom. The molecule has 0 amide bonds. The molecule has 0 N–H and O–H groups in total. The summed E-state index contributed by atoms with van der Waals surface area (Å²) >= 11 is 0. The summed E-state index contributed by atoms with van der Waals surface area (Å²) in [7, 11) is 0. The fourth-order valence-electron chi connectivity index (χ4n) is 0.944. The van der Waals surface area contributed by atoms with E-state index in [1.165, 1.54) is 0 Å². The molecule has 0 aliphatic carbocycles. The number of ether oxygens (including phenoxy) is 2. The first-order chi connectivity index (χ1) is 6.07. The van der Waals surface area contributed by atoms with Crippen LogP contribution < -0.4 is 0 Å². The average Bonchev–Trinajstić information content (AvgIpc) is 2.82. The third-order valence-corrected chi connectivity index (χ3v) is 2.53. The van der Waals surface area contributed by atoms with Gasteiger partial charge in [-0.05, 0) is 13.3 Å². The van der Waals surface area contributed by atoms with Crippen molar-refractivity contribution in [3.05, 3.63) is 0 Å². The maximum Gasteiger partial charge on any atom is 0.308 e. The Bertz CT molecular complexity index is 185. The van der Waals surface area contributed by atoms with E-state index < -0.39 is 0 Å². The molecule has 0 aromatic carbocycles. The molecule has 13 heavy (non-hydrogen) atoms. The Balaban J connectivity index is 2.08. The zero-order valence-corrected chi connectivity index (χ0v) is 8.63. The maximum absolute atomic E-state index is 11.2. The van der Waals surface area contributed by atoms with E-state index in [1.807, 2.05) is 20.8 Å². The van der Waals surface area contributed by atoms with E-state index in [4.69, 9.17) is 9.47 Å². The Kier molecular flexibility index (Phi) is 3.31. The molecule has 1 rings (SSSR count). The number of carbonyl (C=O) groups excluding carboxylic acids is 1. The van der Waals surface area contributed by atoms with Gasteiger partial charge in [0.1, 0.15) is 0 Å². The number of rotatable bonds is 5. The van der Waals surface area contributed by atoms with Crippen LogP contribution in [0.1, 0.15) is 33.6 Å². The average molecular weight is 186 g/mol. The predicted molar refractivity (Wildman–Crippen MR) is 49.4 cm³/mol. The molecule has 2 atom stereocenters. The van der Waals surface area contributed by atoms with Crippen LogP contribution in [0.25, 0.3) is 0 Å². The normalized spacial score (nSPS) is 28.2. The van der Waals surface area contributed by atoms with Crippen LogP contribution in [0.3, 0.4) is 0 Å². The molecule has 0 aromatic heterocycles. The molecule has 76 valence electrons. The van der Waals surface area contributed by atoms with E-state index in [2.05, 4.69) is 0 Å². The van der Waals surface area contributed by atoms with Crippen molar-refractivity contribution in [2.45, 2.75) is 39.2 Å². The molecule has 0 saturated carbocycles. The lowest BCUT2D eigenvalue weighted by molar-refractivity contribution is -0.148. The van der Waals surface area contributed by atoms with Crippen LogP contribution in [0.4, 0.5) is 0 Å². The molecule has 3 nitrogen and oxygen atoms in total. The number of hydrogen-bond acceptors (Lipinski definition) is 3. The highest BCUT2D eigenvalue weighted by Gasteiger charge is 2.38. The Labute approximate surface area is 79.4 Å². The van der Waals surface area contributed by atoms with Crippen LogP contribution in [0.2, 0.25) is 0 Å². The maximum atomic E-state index is 11.2. The summed E-state index contributed by atoms with van der Waals surface area (Å²) in [6.07, 6.45) is 1.65. The number of esters is 1. The Hall–Kier alpha value is -0.570. The van der Waals surface area contributed by atoms with Crippen molar-refractivity contribution in [3.63, 3.8) is 0 Å². The van der Waals surface area contributed by atoms with Crippen LogP contribution in [0.5, 0.6) is 0 Å². The zero-order chi connectivity index (χ0) is 9.90. The first-order valence-corrected chi connectivity index (χ1v) is 4.88. The summed E-state index contributed by atoms with van der Waals surface area (Å²) in [5.74, 6) is -0.0697. The molecular formula is C10H18O3. The van der Waals surface area contributed by atoms with E-state index in [1.54, 1.807) is 0 Å². The summed E-state index contributed by atoms with van der Waals surface area (Å²) < 4.78 is 10.3. The molecule has 0 aromatic rings. The van der Waals surface area contributed by atoms with Gasteiger partial charge in [-0.1, -0.05) is 13.8 Å². The van der Waals surface area contributed by atoms with Gasteiger partial charge in [-0.2, -0.15) is 0 Å². The predicted octanol–water partition coefficient (Wildman–Crippen LogP) is 1.75. The van der Waals surface area contributed by atoms with E-state index >= 15 is 0 Å². The third kappa shape index (κ3) is 3.35. The number of hydrogen-bond donors (Lipinski definition) is 0. The van der Waals surface area contributed by atoms with E-state index in [0.717, 1.165) is 19.4 Å². The summed E-state index contributed by atoms with van der Waals surface area (Å²) in [4.78, 5) is 11.2. The fraction of sp³-hybridized carbons (Fsp3) is 0.900. The molecule has 1 aliphatic rings. The molecule has 1 fully saturated rings. The molecule has 0 spiro atoms. The zero-order valence-electron chi connectivity index (χ0n) is 8.63. The molecule has 1 aliphatic heterocycles. The van der Waals surface area contributed by atoms with Crippen molar-refractivity contribution < 1.29 is 14.3 Å². The Morgan fingerprint density at radius 1 is 1.69 bits per heavy atom. The molecule has 3 heteroatoms. The summed E-state index contributed by atoms with van der Waals surface area (Å²) in [6, 6.07) is 0. The Morgan fingerprint density at radius 3 is 2.77 bits per heavy atom. The van der Waals surface area contributed by atoms with Crippen LogP contribution >= 0.6 is 0 Å². The second-order valence-corrected chi connectivity index (χ2v) is 3.97. The van der Waals surface area contributed by atoms with Crippen molar-refractivity contribution in [2.24, 2.45) is 5.92 Å². The molecule has 0 bridgehead atoms. The minimum Gasteiger partial charge on any atom is -0.465 e. The van der Waals surface area contributed by atoms with Crippen molar-refractivity contribution in [3.8, 4) is 0 Å². The standard InChI is InChI=1S/C10H18O3/c1-4-8(2)9(11)12-6-5-10(3)7-13-10/h8H,4-7H2,1-3H3. The van der Waals surface area contributed by atoms with Gasteiger partial charge in [0.15, 0.2) is 0 Å². The smallest absolute Gasteiger partial charge is 0.308 e. The van der Waals surface area contributed by atoms with Gasteiger partial charge in [-0.3, -0.25) is 4.79 Å². The second-order valence-electron chi connectivity index (χ2n) is 3.97. The van der Waals surface area contributed by atoms with Gasteiger partial charge in [0.2, 0.25) is 0 Å². The summed E-state index contributed by atoms with van der Waals surface area (Å²) in [6.45, 7) is 7.19. The quantitative estimate of drug-likeness (QED) is 0.485.